The summed E-state index contributed by atoms with van der Waals surface area (Å²) in [6, 6.07) is 15.1. The van der Waals surface area contributed by atoms with Gasteiger partial charge in [0.15, 0.2) is 0 Å². The van der Waals surface area contributed by atoms with Crippen LogP contribution in [-0.2, 0) is 9.53 Å². The maximum atomic E-state index is 14.0. The first-order valence-corrected chi connectivity index (χ1v) is 13.9. The summed E-state index contributed by atoms with van der Waals surface area (Å²) in [5, 5.41) is 0. The molecular formula is C30H36N4O4. The average molecular weight is 517 g/mol. The van der Waals surface area contributed by atoms with Gasteiger partial charge in [0.25, 0.3) is 11.8 Å². The lowest BCUT2D eigenvalue weighted by molar-refractivity contribution is -0.134. The fourth-order valence-corrected chi connectivity index (χ4v) is 6.97. The topological polar surface area (TPSA) is 73.4 Å². The normalized spacial score (nSPS) is 24.5. The van der Waals surface area contributed by atoms with Crippen LogP contribution in [0.4, 0.5) is 5.69 Å². The second-order valence-electron chi connectivity index (χ2n) is 10.9. The molecule has 200 valence electrons. The van der Waals surface area contributed by atoms with Crippen molar-refractivity contribution in [3.8, 4) is 0 Å². The van der Waals surface area contributed by atoms with Crippen LogP contribution in [0, 0.1) is 5.92 Å². The Morgan fingerprint density at radius 2 is 1.71 bits per heavy atom. The zero-order valence-electron chi connectivity index (χ0n) is 22.1. The second-order valence-corrected chi connectivity index (χ2v) is 10.9. The zero-order chi connectivity index (χ0) is 26.2. The van der Waals surface area contributed by atoms with Gasteiger partial charge in [-0.25, -0.2) is 0 Å². The molecule has 4 heterocycles. The Labute approximate surface area is 224 Å². The van der Waals surface area contributed by atoms with Gasteiger partial charge in [-0.05, 0) is 62.9 Å². The van der Waals surface area contributed by atoms with Crippen molar-refractivity contribution in [2.24, 2.45) is 5.92 Å². The molecule has 0 aromatic heterocycles. The first kappa shape index (κ1) is 25.1. The Bertz CT molecular complexity index is 1230. The zero-order valence-corrected chi connectivity index (χ0v) is 22.1. The number of hydrogen-bond acceptors (Lipinski definition) is 5. The fourth-order valence-electron chi connectivity index (χ4n) is 6.97. The van der Waals surface area contributed by atoms with E-state index in [1.807, 2.05) is 35.2 Å². The molecule has 0 saturated carbocycles. The highest BCUT2D eigenvalue weighted by Crippen LogP contribution is 2.45. The molecule has 8 heteroatoms. The number of methoxy groups -OCH3 is 1. The molecule has 0 spiro atoms. The number of carbonyl (C=O) groups excluding carboxylic acids is 3. The molecular weight excluding hydrogens is 480 g/mol. The van der Waals surface area contributed by atoms with Crippen LogP contribution in [0.25, 0.3) is 0 Å². The largest absolute Gasteiger partial charge is 0.383 e. The van der Waals surface area contributed by atoms with E-state index in [0.717, 1.165) is 31.5 Å². The Kier molecular flexibility index (Phi) is 6.93. The Morgan fingerprint density at radius 1 is 0.947 bits per heavy atom. The van der Waals surface area contributed by atoms with E-state index in [4.69, 9.17) is 4.74 Å². The number of hydrogen-bond donors (Lipinski definition) is 0. The molecule has 0 bridgehead atoms. The number of rotatable bonds is 7. The molecule has 38 heavy (non-hydrogen) atoms. The van der Waals surface area contributed by atoms with E-state index in [0.29, 0.717) is 48.5 Å². The minimum atomic E-state index is -0.627. The van der Waals surface area contributed by atoms with Gasteiger partial charge in [-0.15, -0.1) is 0 Å². The van der Waals surface area contributed by atoms with Crippen LogP contribution < -0.4 is 4.90 Å². The number of nitrogens with zero attached hydrogens (tertiary/aromatic N) is 4. The lowest BCUT2D eigenvalue weighted by atomic mass is 9.83. The van der Waals surface area contributed by atoms with Gasteiger partial charge in [0.2, 0.25) is 5.91 Å². The Morgan fingerprint density at radius 3 is 2.55 bits per heavy atom. The molecule has 2 fully saturated rings. The van der Waals surface area contributed by atoms with Gasteiger partial charge in [0.05, 0.1) is 17.9 Å². The fraction of sp³-hybridized carbons (Fsp3) is 0.500. The molecule has 0 aliphatic carbocycles. The van der Waals surface area contributed by atoms with Crippen molar-refractivity contribution in [1.29, 1.82) is 0 Å². The lowest BCUT2D eigenvalue weighted by Crippen LogP contribution is -2.55. The molecule has 0 radical (unpaired) electrons. The first-order chi connectivity index (χ1) is 18.6. The number of anilines is 1. The van der Waals surface area contributed by atoms with Crippen molar-refractivity contribution in [3.05, 3.63) is 65.2 Å². The van der Waals surface area contributed by atoms with Crippen molar-refractivity contribution in [2.75, 3.05) is 51.3 Å². The molecule has 2 aromatic rings. The van der Waals surface area contributed by atoms with E-state index < -0.39 is 6.17 Å². The highest BCUT2D eigenvalue weighted by Gasteiger charge is 2.48. The third-order valence-electron chi connectivity index (χ3n) is 8.79. The monoisotopic (exact) mass is 516 g/mol. The van der Waals surface area contributed by atoms with Crippen LogP contribution in [0.5, 0.6) is 0 Å². The summed E-state index contributed by atoms with van der Waals surface area (Å²) in [7, 11) is 1.65. The van der Waals surface area contributed by atoms with Crippen molar-refractivity contribution in [3.63, 3.8) is 0 Å². The van der Waals surface area contributed by atoms with E-state index >= 15 is 0 Å². The highest BCUT2D eigenvalue weighted by molar-refractivity contribution is 6.17. The van der Waals surface area contributed by atoms with Crippen LogP contribution in [-0.4, -0.2) is 84.9 Å². The van der Waals surface area contributed by atoms with E-state index in [1.54, 1.807) is 35.1 Å². The first-order valence-electron chi connectivity index (χ1n) is 13.9. The predicted molar refractivity (Wildman–Crippen MR) is 144 cm³/mol. The quantitative estimate of drug-likeness (QED) is 0.563. The number of ether oxygens (including phenoxy) is 1. The summed E-state index contributed by atoms with van der Waals surface area (Å²) < 4.78 is 5.37. The molecule has 3 atom stereocenters. The van der Waals surface area contributed by atoms with Crippen LogP contribution in [0.2, 0.25) is 0 Å². The second kappa shape index (κ2) is 10.5. The van der Waals surface area contributed by atoms with E-state index in [-0.39, 0.29) is 24.3 Å². The third kappa shape index (κ3) is 4.29. The number of carbonyl (C=O) groups is 3. The third-order valence-corrected chi connectivity index (χ3v) is 8.79. The Balaban J connectivity index is 1.29. The van der Waals surface area contributed by atoms with Crippen molar-refractivity contribution in [2.45, 2.75) is 44.3 Å². The molecule has 0 N–H and O–H groups in total. The SMILES string of the molecule is COCCN(C[C@@H]1CCCN2CCCC[C@H]12)C(=O)CN1C(=O)c2ccccc2N2C(=O)c3ccccc3[C@@H]12. The summed E-state index contributed by atoms with van der Waals surface area (Å²) >= 11 is 0. The van der Waals surface area contributed by atoms with E-state index in [2.05, 4.69) is 4.90 Å². The minimum Gasteiger partial charge on any atom is -0.383 e. The van der Waals surface area contributed by atoms with Crippen LogP contribution in [0.3, 0.4) is 0 Å². The van der Waals surface area contributed by atoms with Crippen molar-refractivity contribution in [1.82, 2.24) is 14.7 Å². The van der Waals surface area contributed by atoms with Gasteiger partial charge >= 0.3 is 0 Å². The van der Waals surface area contributed by atoms with E-state index in [1.165, 1.54) is 19.3 Å². The number of amides is 3. The van der Waals surface area contributed by atoms with Gasteiger partial charge in [-0.1, -0.05) is 36.8 Å². The number of fused-ring (bicyclic) bond motifs is 6. The standard InChI is InChI=1S/C30H36N4O4/c1-38-18-17-32(19-21-9-8-16-31-15-7-6-13-25(21)31)27(35)20-33-28-22-10-2-3-11-23(22)30(37)34(28)26-14-5-4-12-24(26)29(33)36/h2-5,10-12,14,21,25,28H,6-9,13,15-20H2,1H3/t21-,25+,28-/m0/s1. The summed E-state index contributed by atoms with van der Waals surface area (Å²) in [5.41, 5.74) is 2.39. The molecule has 4 aliphatic heterocycles. The number of benzene rings is 2. The van der Waals surface area contributed by atoms with Crippen molar-refractivity contribution >= 4 is 23.4 Å². The highest BCUT2D eigenvalue weighted by atomic mass is 16.5. The molecule has 2 aromatic carbocycles. The van der Waals surface area contributed by atoms with Crippen LogP contribution in [0.1, 0.15) is 64.5 Å². The molecule has 2 saturated heterocycles. The van der Waals surface area contributed by atoms with Gasteiger partial charge in [-0.3, -0.25) is 19.3 Å². The summed E-state index contributed by atoms with van der Waals surface area (Å²) in [6.45, 7) is 3.83. The van der Waals surface area contributed by atoms with Crippen LogP contribution in [0.15, 0.2) is 48.5 Å². The van der Waals surface area contributed by atoms with Crippen LogP contribution >= 0.6 is 0 Å². The minimum absolute atomic E-state index is 0.0826. The number of piperidine rings is 2. The van der Waals surface area contributed by atoms with Gasteiger partial charge in [0, 0.05) is 37.4 Å². The van der Waals surface area contributed by atoms with Gasteiger partial charge in [0.1, 0.15) is 12.7 Å². The average Bonchev–Trinajstić information content (AvgIpc) is 3.25. The summed E-state index contributed by atoms with van der Waals surface area (Å²) in [4.78, 5) is 49.0. The molecule has 0 unspecified atom stereocenters. The lowest BCUT2D eigenvalue weighted by Gasteiger charge is -2.46. The molecule has 8 nitrogen and oxygen atoms in total. The molecule has 6 rings (SSSR count). The Hall–Kier alpha value is -3.23. The molecule has 4 aliphatic rings. The number of para-hydroxylation sites is 1. The smallest absolute Gasteiger partial charge is 0.260 e. The predicted octanol–water partition coefficient (Wildman–Crippen LogP) is 3.54. The molecule has 3 amide bonds. The summed E-state index contributed by atoms with van der Waals surface area (Å²) in [6.07, 6.45) is 5.34. The van der Waals surface area contributed by atoms with Gasteiger partial charge < -0.3 is 19.4 Å². The maximum absolute atomic E-state index is 14.0. The summed E-state index contributed by atoms with van der Waals surface area (Å²) in [5.74, 6) is -0.0335. The van der Waals surface area contributed by atoms with Crippen molar-refractivity contribution < 1.29 is 19.1 Å². The van der Waals surface area contributed by atoms with Gasteiger partial charge in [-0.2, -0.15) is 0 Å². The maximum Gasteiger partial charge on any atom is 0.260 e. The van der Waals surface area contributed by atoms with E-state index in [9.17, 15) is 14.4 Å².